The van der Waals surface area contributed by atoms with Crippen molar-refractivity contribution in [1.29, 1.82) is 10.5 Å². The van der Waals surface area contributed by atoms with E-state index < -0.39 is 0 Å². The lowest BCUT2D eigenvalue weighted by Crippen LogP contribution is -2.67. The molecule has 80 heavy (non-hydrogen) atoms. The molecule has 0 spiro atoms. The van der Waals surface area contributed by atoms with Crippen LogP contribution in [0.2, 0.25) is 0 Å². The first-order chi connectivity index (χ1) is 39.3. The molecular formula is C76H52N4. The van der Waals surface area contributed by atoms with Crippen molar-refractivity contribution in [3.05, 3.63) is 276 Å². The number of nitriles is 2. The van der Waals surface area contributed by atoms with Crippen LogP contribution in [0.1, 0.15) is 71.9 Å². The average Bonchev–Trinajstić information content (AvgIpc) is 1.71. The molecule has 0 unspecified atom stereocenters. The second kappa shape index (κ2) is 16.4. The van der Waals surface area contributed by atoms with Crippen molar-refractivity contribution in [1.82, 2.24) is 9.13 Å². The Morgan fingerprint density at radius 2 is 0.512 bits per heavy atom. The van der Waals surface area contributed by atoms with Gasteiger partial charge in [-0.2, -0.15) is 10.5 Å². The Morgan fingerprint density at radius 1 is 0.263 bits per heavy atom. The fourth-order valence-corrected chi connectivity index (χ4v) is 17.0. The predicted octanol–water partition coefficient (Wildman–Crippen LogP) is 18.7. The van der Waals surface area contributed by atoms with Crippen LogP contribution in [0.5, 0.6) is 0 Å². The lowest BCUT2D eigenvalue weighted by atomic mass is 9.32. The van der Waals surface area contributed by atoms with Gasteiger partial charge < -0.3 is 9.13 Å². The minimum absolute atomic E-state index is 0.178. The van der Waals surface area contributed by atoms with Crippen LogP contribution in [-0.2, 0) is 21.7 Å². The molecule has 2 aromatic heterocycles. The Labute approximate surface area is 463 Å². The summed E-state index contributed by atoms with van der Waals surface area (Å²) in [6.07, 6.45) is 6.28. The van der Waals surface area contributed by atoms with E-state index >= 15 is 0 Å². The highest BCUT2D eigenvalue weighted by molar-refractivity contribution is 6.10. The molecule has 12 aromatic carbocycles. The summed E-state index contributed by atoms with van der Waals surface area (Å²) >= 11 is 0. The van der Waals surface area contributed by atoms with Crippen LogP contribution in [0.15, 0.2) is 243 Å². The minimum Gasteiger partial charge on any atom is -0.309 e. The molecule has 4 aliphatic rings. The Hall–Kier alpha value is -9.74. The zero-order valence-electron chi connectivity index (χ0n) is 44.1. The quantitative estimate of drug-likeness (QED) is 0.167. The molecular weight excluding hydrogens is 969 g/mol. The van der Waals surface area contributed by atoms with Crippen LogP contribution in [-0.4, -0.2) is 9.13 Å². The van der Waals surface area contributed by atoms with E-state index in [1.807, 2.05) is 24.3 Å². The summed E-state index contributed by atoms with van der Waals surface area (Å²) < 4.78 is 4.86. The van der Waals surface area contributed by atoms with Crippen molar-refractivity contribution >= 4 is 86.7 Å². The Kier molecular flexibility index (Phi) is 9.29. The van der Waals surface area contributed by atoms with Gasteiger partial charge in [0.25, 0.3) is 0 Å². The summed E-state index contributed by atoms with van der Waals surface area (Å²) in [4.78, 5) is 0. The van der Waals surface area contributed by atoms with E-state index in [1.54, 1.807) is 0 Å². The third-order valence-electron chi connectivity index (χ3n) is 19.8. The minimum atomic E-state index is -0.179. The van der Waals surface area contributed by atoms with Crippen LogP contribution >= 0.6 is 0 Å². The molecule has 2 heterocycles. The molecule has 18 rings (SSSR count). The van der Waals surface area contributed by atoms with Gasteiger partial charge in [-0.25, -0.2) is 0 Å². The van der Waals surface area contributed by atoms with Gasteiger partial charge in [-0.15, -0.1) is 0 Å². The van der Waals surface area contributed by atoms with Crippen LogP contribution in [0, 0.1) is 22.7 Å². The summed E-state index contributed by atoms with van der Waals surface area (Å²) in [6, 6.07) is 95.8. The van der Waals surface area contributed by atoms with E-state index in [4.69, 9.17) is 0 Å². The molecule has 4 saturated carbocycles. The van der Waals surface area contributed by atoms with Crippen molar-refractivity contribution < 1.29 is 0 Å². The van der Waals surface area contributed by atoms with Gasteiger partial charge in [0.05, 0.1) is 45.3 Å². The molecule has 0 aliphatic heterocycles. The monoisotopic (exact) mass is 1020 g/mol. The largest absolute Gasteiger partial charge is 0.309 e. The first-order valence-electron chi connectivity index (χ1n) is 28.2. The zero-order valence-corrected chi connectivity index (χ0v) is 44.1. The highest BCUT2D eigenvalue weighted by atomic mass is 15.0. The number of rotatable bonds is 6. The fraction of sp³-hybridized carbons (Fsp3) is 0.132. The highest BCUT2D eigenvalue weighted by Crippen LogP contribution is 2.75. The first-order valence-corrected chi connectivity index (χ1v) is 28.2. The van der Waals surface area contributed by atoms with Crippen molar-refractivity contribution in [3.63, 3.8) is 0 Å². The SMILES string of the molecule is N#Cc1ccc2cc(C34CC5(c6ccc7cc(C#N)ccc7c6)CC(c6ccc7cc(-n8c9ccccc9c9ccccc98)ccc7c6)(C3)CC(c3ccc6cc(-n7c8ccccc8c8ccccc87)ccc6c3)(C4)C5)ccc2c1. The molecule has 4 fully saturated rings. The molecule has 4 heteroatoms. The number of fused-ring (bicyclic) bond motifs is 10. The van der Waals surface area contributed by atoms with Gasteiger partial charge in [-0.05, 0) is 198 Å². The summed E-state index contributed by atoms with van der Waals surface area (Å²) in [5.41, 5.74) is 13.5. The number of aromatic nitrogens is 2. The third-order valence-corrected chi connectivity index (χ3v) is 19.8. The van der Waals surface area contributed by atoms with Gasteiger partial charge >= 0.3 is 0 Å². The molecule has 4 aliphatic carbocycles. The van der Waals surface area contributed by atoms with Crippen molar-refractivity contribution in [2.24, 2.45) is 0 Å². The highest BCUT2D eigenvalue weighted by Gasteiger charge is 2.69. The Balaban J connectivity index is 0.869. The number of para-hydroxylation sites is 4. The topological polar surface area (TPSA) is 57.4 Å². The van der Waals surface area contributed by atoms with Crippen molar-refractivity contribution in [2.45, 2.75) is 60.2 Å². The normalized spacial score (nSPS) is 21.4. The maximum atomic E-state index is 9.94. The van der Waals surface area contributed by atoms with E-state index in [2.05, 4.69) is 240 Å². The average molecular weight is 1020 g/mol. The third kappa shape index (κ3) is 6.48. The standard InChI is InChI=1S/C76H52N4/c77-41-49-17-19-53-35-59(27-21-51(53)33-49)73-43-74(60-28-22-52-34-50(42-78)18-20-54(52)36-60)45-75(44-73,61-29-23-57-39-63(31-25-55(57)37-61)79-69-13-5-1-9-65(69)66-10-2-6-14-70(66)79)48-76(46-73,47-74)62-30-24-58-40-64(32-26-56(58)38-62)80-71-15-7-3-11-67(71)68-12-4-8-16-72(68)80/h1-40H,43-48H2. The van der Waals surface area contributed by atoms with Crippen LogP contribution in [0.25, 0.3) is 98.1 Å². The van der Waals surface area contributed by atoms with Crippen LogP contribution < -0.4 is 0 Å². The van der Waals surface area contributed by atoms with Gasteiger partial charge in [0, 0.05) is 32.9 Å². The van der Waals surface area contributed by atoms with Crippen molar-refractivity contribution in [2.75, 3.05) is 0 Å². The summed E-state index contributed by atoms with van der Waals surface area (Å²) in [5, 5.41) is 34.5. The van der Waals surface area contributed by atoms with Gasteiger partial charge in [0.2, 0.25) is 0 Å². The smallest absolute Gasteiger partial charge is 0.0991 e. The molecule has 0 amide bonds. The van der Waals surface area contributed by atoms with Gasteiger partial charge in [0.1, 0.15) is 0 Å². The Bertz CT molecular complexity index is 4650. The second-order valence-corrected chi connectivity index (χ2v) is 24.2. The van der Waals surface area contributed by atoms with Crippen LogP contribution in [0.4, 0.5) is 0 Å². The number of hydrogen-bond acceptors (Lipinski definition) is 2. The maximum absolute atomic E-state index is 9.94. The summed E-state index contributed by atoms with van der Waals surface area (Å²) in [7, 11) is 0. The van der Waals surface area contributed by atoms with E-state index in [1.165, 1.54) is 110 Å². The van der Waals surface area contributed by atoms with Gasteiger partial charge in [0.15, 0.2) is 0 Å². The molecule has 0 N–H and O–H groups in total. The molecule has 0 radical (unpaired) electrons. The number of hydrogen-bond donors (Lipinski definition) is 0. The first kappa shape index (κ1) is 45.3. The molecule has 0 saturated heterocycles. The summed E-state index contributed by atoms with van der Waals surface area (Å²) in [5.74, 6) is 0. The number of nitrogens with zero attached hydrogens (tertiary/aromatic N) is 4. The lowest BCUT2D eigenvalue weighted by Gasteiger charge is -2.71. The van der Waals surface area contributed by atoms with E-state index in [0.29, 0.717) is 11.1 Å². The summed E-state index contributed by atoms with van der Waals surface area (Å²) in [6.45, 7) is 0. The van der Waals surface area contributed by atoms with E-state index in [-0.39, 0.29) is 21.7 Å². The second-order valence-electron chi connectivity index (χ2n) is 24.2. The van der Waals surface area contributed by atoms with Crippen LogP contribution in [0.3, 0.4) is 0 Å². The lowest BCUT2D eigenvalue weighted by molar-refractivity contribution is -0.0690. The zero-order chi connectivity index (χ0) is 53.0. The van der Waals surface area contributed by atoms with E-state index in [9.17, 15) is 10.5 Å². The Morgan fingerprint density at radius 3 is 0.812 bits per heavy atom. The predicted molar refractivity (Wildman–Crippen MR) is 328 cm³/mol. The fourth-order valence-electron chi connectivity index (χ4n) is 17.0. The van der Waals surface area contributed by atoms with Gasteiger partial charge in [-0.1, -0.05) is 170 Å². The van der Waals surface area contributed by atoms with E-state index in [0.717, 1.165) is 49.3 Å². The maximum Gasteiger partial charge on any atom is 0.0991 e. The van der Waals surface area contributed by atoms with Crippen molar-refractivity contribution in [3.8, 4) is 23.5 Å². The molecule has 4 nitrogen and oxygen atoms in total. The van der Waals surface area contributed by atoms with Gasteiger partial charge in [-0.3, -0.25) is 0 Å². The molecule has 4 bridgehead atoms. The molecule has 376 valence electrons. The molecule has 14 aromatic rings. The molecule has 0 atom stereocenters. The number of benzene rings is 12.